The van der Waals surface area contributed by atoms with Crippen LogP contribution < -0.4 is 9.62 Å². The fraction of sp³-hybridized carbons (Fsp3) is 0.0952. The van der Waals surface area contributed by atoms with E-state index in [1.54, 1.807) is 6.07 Å². The molecule has 1 amide bonds. The van der Waals surface area contributed by atoms with E-state index in [1.165, 1.54) is 48.5 Å². The molecule has 0 aliphatic heterocycles. The molecule has 0 fully saturated rings. The van der Waals surface area contributed by atoms with Gasteiger partial charge in [0, 0.05) is 15.7 Å². The topological polar surface area (TPSA) is 66.5 Å². The lowest BCUT2D eigenvalue weighted by atomic mass is 10.2. The lowest BCUT2D eigenvalue weighted by molar-refractivity contribution is -0.137. The lowest BCUT2D eigenvalue weighted by Gasteiger charge is -2.25. The van der Waals surface area contributed by atoms with Gasteiger partial charge in [-0.05, 0) is 48.5 Å². The highest BCUT2D eigenvalue weighted by Gasteiger charge is 2.33. The summed E-state index contributed by atoms with van der Waals surface area (Å²) in [6, 6.07) is 15.0. The molecule has 3 aromatic carbocycles. The molecule has 11 heteroatoms. The van der Waals surface area contributed by atoms with Gasteiger partial charge in [-0.3, -0.25) is 9.10 Å². The van der Waals surface area contributed by atoms with E-state index in [4.69, 9.17) is 23.2 Å². The van der Waals surface area contributed by atoms with Crippen LogP contribution in [0.15, 0.2) is 77.7 Å². The minimum absolute atomic E-state index is 0.184. The first-order valence-electron chi connectivity index (χ1n) is 8.98. The number of alkyl halides is 3. The van der Waals surface area contributed by atoms with Gasteiger partial charge in [0.25, 0.3) is 10.0 Å². The molecule has 0 aromatic heterocycles. The van der Waals surface area contributed by atoms with Gasteiger partial charge in [-0.1, -0.05) is 47.5 Å². The highest BCUT2D eigenvalue weighted by molar-refractivity contribution is 7.92. The molecule has 0 bridgehead atoms. The Morgan fingerprint density at radius 3 is 2.12 bits per heavy atom. The fourth-order valence-corrected chi connectivity index (χ4v) is 4.79. The Morgan fingerprint density at radius 2 is 1.53 bits per heavy atom. The SMILES string of the molecule is O=C(CN(c1cccc(C(F)(F)F)c1)S(=O)(=O)c1ccccc1)Nc1cc(Cl)cc(Cl)c1. The Labute approximate surface area is 192 Å². The van der Waals surface area contributed by atoms with Crippen molar-refractivity contribution in [3.8, 4) is 0 Å². The number of nitrogens with one attached hydrogen (secondary N) is 1. The monoisotopic (exact) mass is 502 g/mol. The number of hydrogen-bond acceptors (Lipinski definition) is 3. The van der Waals surface area contributed by atoms with Crippen molar-refractivity contribution in [1.82, 2.24) is 0 Å². The van der Waals surface area contributed by atoms with Gasteiger partial charge in [-0.2, -0.15) is 13.2 Å². The molecule has 1 N–H and O–H groups in total. The molecule has 0 atom stereocenters. The molecule has 0 saturated carbocycles. The second-order valence-corrected chi connectivity index (χ2v) is 9.31. The smallest absolute Gasteiger partial charge is 0.324 e. The fourth-order valence-electron chi connectivity index (χ4n) is 2.83. The van der Waals surface area contributed by atoms with Gasteiger partial charge in [0.2, 0.25) is 5.91 Å². The van der Waals surface area contributed by atoms with E-state index in [-0.39, 0.29) is 26.3 Å². The van der Waals surface area contributed by atoms with Crippen molar-refractivity contribution < 1.29 is 26.4 Å². The zero-order valence-corrected chi connectivity index (χ0v) is 18.4. The van der Waals surface area contributed by atoms with Crippen LogP contribution in [0.5, 0.6) is 0 Å². The minimum Gasteiger partial charge on any atom is -0.324 e. The minimum atomic E-state index is -4.70. The quantitative estimate of drug-likeness (QED) is 0.459. The van der Waals surface area contributed by atoms with Crippen molar-refractivity contribution in [2.45, 2.75) is 11.1 Å². The zero-order chi connectivity index (χ0) is 23.5. The highest BCUT2D eigenvalue weighted by atomic mass is 35.5. The lowest BCUT2D eigenvalue weighted by Crippen LogP contribution is -2.38. The van der Waals surface area contributed by atoms with Crippen molar-refractivity contribution in [2.75, 3.05) is 16.2 Å². The second-order valence-electron chi connectivity index (χ2n) is 6.58. The molecule has 0 unspecified atom stereocenters. The van der Waals surface area contributed by atoms with Crippen LogP contribution in [0.1, 0.15) is 5.56 Å². The Morgan fingerprint density at radius 1 is 0.906 bits per heavy atom. The summed E-state index contributed by atoms with van der Waals surface area (Å²) in [5.74, 6) is -0.805. The van der Waals surface area contributed by atoms with Crippen molar-refractivity contribution in [3.63, 3.8) is 0 Å². The first kappa shape index (κ1) is 23.9. The summed E-state index contributed by atoms with van der Waals surface area (Å²) in [7, 11) is -4.37. The average Bonchev–Trinajstić information content (AvgIpc) is 2.71. The van der Waals surface area contributed by atoms with E-state index in [9.17, 15) is 26.4 Å². The Hall–Kier alpha value is -2.75. The number of nitrogens with zero attached hydrogens (tertiary/aromatic N) is 1. The van der Waals surface area contributed by atoms with Crippen LogP contribution >= 0.6 is 23.2 Å². The Balaban J connectivity index is 2.00. The van der Waals surface area contributed by atoms with Crippen LogP contribution in [0.25, 0.3) is 0 Å². The summed E-state index contributed by atoms with van der Waals surface area (Å²) in [5, 5.41) is 2.93. The molecule has 5 nitrogen and oxygen atoms in total. The predicted molar refractivity (Wildman–Crippen MR) is 118 cm³/mol. The molecule has 0 spiro atoms. The zero-order valence-electron chi connectivity index (χ0n) is 16.1. The summed E-state index contributed by atoms with van der Waals surface area (Å²) in [4.78, 5) is 12.5. The number of carbonyl (C=O) groups is 1. The van der Waals surface area contributed by atoms with Gasteiger partial charge >= 0.3 is 6.18 Å². The van der Waals surface area contributed by atoms with Crippen LogP contribution in [0.2, 0.25) is 10.0 Å². The van der Waals surface area contributed by atoms with Crippen LogP contribution in [-0.2, 0) is 21.0 Å². The summed E-state index contributed by atoms with van der Waals surface area (Å²) < 4.78 is 66.6. The van der Waals surface area contributed by atoms with Gasteiger partial charge in [-0.25, -0.2) is 8.42 Å². The van der Waals surface area contributed by atoms with Gasteiger partial charge in [0.15, 0.2) is 0 Å². The van der Waals surface area contributed by atoms with Crippen LogP contribution in [-0.4, -0.2) is 20.9 Å². The number of carbonyl (C=O) groups excluding carboxylic acids is 1. The number of rotatable bonds is 6. The first-order chi connectivity index (χ1) is 15.0. The molecular formula is C21H15Cl2F3N2O3S. The maximum atomic E-state index is 13.2. The molecular weight excluding hydrogens is 488 g/mol. The van der Waals surface area contributed by atoms with Crippen molar-refractivity contribution in [2.24, 2.45) is 0 Å². The number of halogens is 5. The van der Waals surface area contributed by atoms with E-state index in [2.05, 4.69) is 5.32 Å². The standard InChI is InChI=1S/C21H15Cl2F3N2O3S/c22-15-10-16(23)12-17(11-15)27-20(29)13-28(32(30,31)19-7-2-1-3-8-19)18-6-4-5-14(9-18)21(24,25)26/h1-12H,13H2,(H,27,29). The number of sulfonamides is 1. The highest BCUT2D eigenvalue weighted by Crippen LogP contribution is 2.33. The maximum Gasteiger partial charge on any atom is 0.416 e. The number of benzene rings is 3. The molecule has 32 heavy (non-hydrogen) atoms. The molecule has 0 radical (unpaired) electrons. The van der Waals surface area contributed by atoms with Gasteiger partial charge in [-0.15, -0.1) is 0 Å². The molecule has 3 rings (SSSR count). The third-order valence-corrected chi connectivity index (χ3v) is 6.45. The van der Waals surface area contributed by atoms with Crippen molar-refractivity contribution in [3.05, 3.63) is 88.4 Å². The number of amides is 1. The number of hydrogen-bond donors (Lipinski definition) is 1. The van der Waals surface area contributed by atoms with Gasteiger partial charge in [0.05, 0.1) is 16.1 Å². The van der Waals surface area contributed by atoms with Gasteiger partial charge in [0.1, 0.15) is 6.54 Å². The molecule has 3 aromatic rings. The molecule has 0 aliphatic rings. The molecule has 0 saturated heterocycles. The summed E-state index contributed by atoms with van der Waals surface area (Å²) in [5.41, 5.74) is -1.16. The van der Waals surface area contributed by atoms with E-state index < -0.39 is 34.2 Å². The number of anilines is 2. The summed E-state index contributed by atoms with van der Waals surface area (Å²) >= 11 is 11.8. The van der Waals surface area contributed by atoms with Crippen LogP contribution in [0.4, 0.5) is 24.5 Å². The van der Waals surface area contributed by atoms with Crippen LogP contribution in [0, 0.1) is 0 Å². The normalized spacial score (nSPS) is 11.8. The molecule has 168 valence electrons. The maximum absolute atomic E-state index is 13.2. The summed E-state index contributed by atoms with van der Waals surface area (Å²) in [6.45, 7) is -0.789. The Kier molecular flexibility index (Phi) is 7.02. The largest absolute Gasteiger partial charge is 0.416 e. The first-order valence-corrected chi connectivity index (χ1v) is 11.2. The summed E-state index contributed by atoms with van der Waals surface area (Å²) in [6.07, 6.45) is -4.70. The molecule has 0 heterocycles. The van der Waals surface area contributed by atoms with E-state index in [0.717, 1.165) is 12.1 Å². The average molecular weight is 503 g/mol. The van der Waals surface area contributed by atoms with Crippen LogP contribution in [0.3, 0.4) is 0 Å². The van der Waals surface area contributed by atoms with Gasteiger partial charge < -0.3 is 5.32 Å². The van der Waals surface area contributed by atoms with Crippen molar-refractivity contribution in [1.29, 1.82) is 0 Å². The van der Waals surface area contributed by atoms with Crippen molar-refractivity contribution >= 4 is 50.5 Å². The third kappa shape index (κ3) is 5.73. The molecule has 0 aliphatic carbocycles. The van der Waals surface area contributed by atoms with E-state index >= 15 is 0 Å². The Bertz CT molecular complexity index is 1220. The second kappa shape index (κ2) is 9.40. The predicted octanol–water partition coefficient (Wildman–Crippen LogP) is 5.85. The third-order valence-electron chi connectivity index (χ3n) is 4.23. The van der Waals surface area contributed by atoms with E-state index in [1.807, 2.05) is 0 Å². The van der Waals surface area contributed by atoms with E-state index in [0.29, 0.717) is 10.4 Å².